The number of carbonyl (C=O) groups excluding carboxylic acids is 1. The van der Waals surface area contributed by atoms with Crippen LogP contribution >= 0.6 is 0 Å². The SMILES string of the molecule is C[C@@H](NC(=O)N1CCC[C@H]1Cc1ccccc1)c1nnc2ccccn12. The van der Waals surface area contributed by atoms with Crippen LogP contribution in [-0.4, -0.2) is 38.1 Å². The average Bonchev–Trinajstić information content (AvgIpc) is 3.29. The van der Waals surface area contributed by atoms with E-state index in [-0.39, 0.29) is 18.1 Å². The molecule has 3 heterocycles. The van der Waals surface area contributed by atoms with Gasteiger partial charge < -0.3 is 10.2 Å². The van der Waals surface area contributed by atoms with Crippen molar-refractivity contribution >= 4 is 11.7 Å². The van der Waals surface area contributed by atoms with E-state index in [4.69, 9.17) is 0 Å². The predicted molar refractivity (Wildman–Crippen MR) is 99.8 cm³/mol. The van der Waals surface area contributed by atoms with Gasteiger partial charge in [0.25, 0.3) is 0 Å². The molecule has 26 heavy (non-hydrogen) atoms. The largest absolute Gasteiger partial charge is 0.328 e. The summed E-state index contributed by atoms with van der Waals surface area (Å²) in [7, 11) is 0. The van der Waals surface area contributed by atoms with Crippen molar-refractivity contribution in [3.05, 3.63) is 66.1 Å². The number of nitrogens with zero attached hydrogens (tertiary/aromatic N) is 4. The van der Waals surface area contributed by atoms with Gasteiger partial charge in [-0.15, -0.1) is 10.2 Å². The molecule has 0 radical (unpaired) electrons. The van der Waals surface area contributed by atoms with Gasteiger partial charge in [0.05, 0.1) is 6.04 Å². The van der Waals surface area contributed by atoms with Gasteiger partial charge in [-0.3, -0.25) is 4.40 Å². The molecule has 0 aliphatic carbocycles. The zero-order valence-electron chi connectivity index (χ0n) is 14.9. The number of fused-ring (bicyclic) bond motifs is 1. The summed E-state index contributed by atoms with van der Waals surface area (Å²) in [6.45, 7) is 2.75. The molecule has 3 aromatic rings. The molecule has 134 valence electrons. The van der Waals surface area contributed by atoms with Crippen LogP contribution in [0, 0.1) is 0 Å². The lowest BCUT2D eigenvalue weighted by Gasteiger charge is -2.26. The fraction of sp³-hybridized carbons (Fsp3) is 0.350. The van der Waals surface area contributed by atoms with E-state index in [0.717, 1.165) is 37.3 Å². The van der Waals surface area contributed by atoms with Crippen molar-refractivity contribution in [1.82, 2.24) is 24.8 Å². The third-order valence-corrected chi connectivity index (χ3v) is 5.02. The van der Waals surface area contributed by atoms with Gasteiger partial charge in [-0.2, -0.15) is 0 Å². The van der Waals surface area contributed by atoms with E-state index < -0.39 is 0 Å². The summed E-state index contributed by atoms with van der Waals surface area (Å²) in [5.41, 5.74) is 2.06. The van der Waals surface area contributed by atoms with E-state index in [0.29, 0.717) is 0 Å². The first-order valence-corrected chi connectivity index (χ1v) is 9.13. The third kappa shape index (κ3) is 3.27. The molecule has 4 rings (SSSR count). The van der Waals surface area contributed by atoms with Crippen LogP contribution in [0.25, 0.3) is 5.65 Å². The summed E-state index contributed by atoms with van der Waals surface area (Å²) < 4.78 is 1.91. The molecule has 1 fully saturated rings. The minimum Gasteiger partial charge on any atom is -0.328 e. The average molecular weight is 349 g/mol. The minimum absolute atomic E-state index is 0.0244. The van der Waals surface area contributed by atoms with Crippen LogP contribution in [0.15, 0.2) is 54.7 Å². The number of rotatable bonds is 4. The highest BCUT2D eigenvalue weighted by molar-refractivity contribution is 5.75. The molecule has 0 spiro atoms. The zero-order valence-corrected chi connectivity index (χ0v) is 14.9. The van der Waals surface area contributed by atoms with Gasteiger partial charge in [-0.1, -0.05) is 36.4 Å². The van der Waals surface area contributed by atoms with E-state index in [1.165, 1.54) is 5.56 Å². The van der Waals surface area contributed by atoms with Gasteiger partial charge in [-0.25, -0.2) is 4.79 Å². The van der Waals surface area contributed by atoms with E-state index in [1.807, 2.05) is 58.8 Å². The summed E-state index contributed by atoms with van der Waals surface area (Å²) >= 11 is 0. The smallest absolute Gasteiger partial charge is 0.318 e. The van der Waals surface area contributed by atoms with Crippen molar-refractivity contribution < 1.29 is 4.79 Å². The fourth-order valence-electron chi connectivity index (χ4n) is 3.69. The minimum atomic E-state index is -0.210. The highest BCUT2D eigenvalue weighted by Gasteiger charge is 2.30. The van der Waals surface area contributed by atoms with Crippen LogP contribution < -0.4 is 5.32 Å². The third-order valence-electron chi connectivity index (χ3n) is 5.02. The van der Waals surface area contributed by atoms with Gasteiger partial charge in [0.1, 0.15) is 0 Å². The summed E-state index contributed by atoms with van der Waals surface area (Å²) in [6.07, 6.45) is 4.91. The molecule has 2 amide bonds. The Morgan fingerprint density at radius 3 is 2.85 bits per heavy atom. The highest BCUT2D eigenvalue weighted by atomic mass is 16.2. The normalized spacial score (nSPS) is 18.2. The summed E-state index contributed by atoms with van der Waals surface area (Å²) in [5, 5.41) is 11.5. The fourth-order valence-corrected chi connectivity index (χ4v) is 3.69. The van der Waals surface area contributed by atoms with Gasteiger partial charge in [0.2, 0.25) is 0 Å². The molecule has 1 aromatic carbocycles. The lowest BCUT2D eigenvalue weighted by molar-refractivity contribution is 0.188. The van der Waals surface area contributed by atoms with Crippen LogP contribution in [0.5, 0.6) is 0 Å². The number of amides is 2. The molecular weight excluding hydrogens is 326 g/mol. The van der Waals surface area contributed by atoms with Gasteiger partial charge >= 0.3 is 6.03 Å². The van der Waals surface area contributed by atoms with E-state index in [1.54, 1.807) is 0 Å². The van der Waals surface area contributed by atoms with Gasteiger partial charge in [0.15, 0.2) is 11.5 Å². The Hall–Kier alpha value is -2.89. The number of hydrogen-bond acceptors (Lipinski definition) is 3. The van der Waals surface area contributed by atoms with Crippen molar-refractivity contribution in [2.75, 3.05) is 6.54 Å². The summed E-state index contributed by atoms with van der Waals surface area (Å²) in [5.74, 6) is 0.743. The number of likely N-dealkylation sites (tertiary alicyclic amines) is 1. The Labute approximate surface area is 152 Å². The first kappa shape index (κ1) is 16.6. The van der Waals surface area contributed by atoms with E-state index in [2.05, 4.69) is 27.6 Å². The van der Waals surface area contributed by atoms with E-state index >= 15 is 0 Å². The van der Waals surface area contributed by atoms with Crippen molar-refractivity contribution in [3.63, 3.8) is 0 Å². The lowest BCUT2D eigenvalue weighted by Crippen LogP contribution is -2.44. The molecule has 0 saturated carbocycles. The van der Waals surface area contributed by atoms with E-state index in [9.17, 15) is 4.79 Å². The Morgan fingerprint density at radius 1 is 1.19 bits per heavy atom. The first-order chi connectivity index (χ1) is 12.7. The number of urea groups is 1. The summed E-state index contributed by atoms with van der Waals surface area (Å²) in [6, 6.07) is 16.1. The van der Waals surface area contributed by atoms with Crippen molar-refractivity contribution in [2.24, 2.45) is 0 Å². The molecule has 0 bridgehead atoms. The van der Waals surface area contributed by atoms with Crippen molar-refractivity contribution in [3.8, 4) is 0 Å². The second-order valence-corrected chi connectivity index (χ2v) is 6.84. The van der Waals surface area contributed by atoms with Gasteiger partial charge in [0, 0.05) is 18.8 Å². The van der Waals surface area contributed by atoms with Crippen LogP contribution in [0.4, 0.5) is 4.79 Å². The number of nitrogens with one attached hydrogen (secondary N) is 1. The van der Waals surface area contributed by atoms with Crippen LogP contribution in [0.1, 0.15) is 37.2 Å². The van der Waals surface area contributed by atoms with Crippen LogP contribution in [0.3, 0.4) is 0 Å². The Morgan fingerprint density at radius 2 is 2.00 bits per heavy atom. The maximum atomic E-state index is 12.8. The molecule has 1 N–H and O–H groups in total. The number of hydrogen-bond donors (Lipinski definition) is 1. The van der Waals surface area contributed by atoms with Gasteiger partial charge in [-0.05, 0) is 43.9 Å². The first-order valence-electron chi connectivity index (χ1n) is 9.13. The van der Waals surface area contributed by atoms with Crippen LogP contribution in [-0.2, 0) is 6.42 Å². The Kier molecular flexibility index (Phi) is 4.56. The molecule has 2 atom stereocenters. The quantitative estimate of drug-likeness (QED) is 0.787. The Bertz CT molecular complexity index is 891. The Balaban J connectivity index is 1.45. The molecule has 1 saturated heterocycles. The number of pyridine rings is 1. The second kappa shape index (κ2) is 7.15. The standard InChI is InChI=1S/C20H23N5O/c1-15(19-23-22-18-11-5-6-12-25(18)19)21-20(26)24-13-7-10-17(24)14-16-8-3-2-4-9-16/h2-6,8-9,11-12,15,17H,7,10,13-14H2,1H3,(H,21,26)/t15-,17+/m1/s1. The lowest BCUT2D eigenvalue weighted by atomic mass is 10.0. The van der Waals surface area contributed by atoms with Crippen LogP contribution in [0.2, 0.25) is 0 Å². The molecule has 2 aromatic heterocycles. The number of benzene rings is 1. The maximum Gasteiger partial charge on any atom is 0.318 e. The number of carbonyl (C=O) groups is 1. The molecule has 1 aliphatic heterocycles. The predicted octanol–water partition coefficient (Wildman–Crippen LogP) is 3.21. The summed E-state index contributed by atoms with van der Waals surface area (Å²) in [4.78, 5) is 14.8. The number of aromatic nitrogens is 3. The molecule has 1 aliphatic rings. The topological polar surface area (TPSA) is 62.5 Å². The molecule has 6 nitrogen and oxygen atoms in total. The van der Waals surface area contributed by atoms with Crippen molar-refractivity contribution in [1.29, 1.82) is 0 Å². The molecule has 0 unspecified atom stereocenters. The monoisotopic (exact) mass is 349 g/mol. The second-order valence-electron chi connectivity index (χ2n) is 6.84. The maximum absolute atomic E-state index is 12.8. The van der Waals surface area contributed by atoms with Crippen molar-refractivity contribution in [2.45, 2.75) is 38.3 Å². The molecule has 6 heteroatoms. The zero-order chi connectivity index (χ0) is 17.9. The molecular formula is C20H23N5O. The highest BCUT2D eigenvalue weighted by Crippen LogP contribution is 2.22.